The molecular formula is C55H33N3OS. The van der Waals surface area contributed by atoms with Gasteiger partial charge in [-0.05, 0) is 80.6 Å². The van der Waals surface area contributed by atoms with Gasteiger partial charge in [-0.25, -0.2) is 15.0 Å². The van der Waals surface area contributed by atoms with Crippen LogP contribution in [0, 0.1) is 0 Å². The summed E-state index contributed by atoms with van der Waals surface area (Å²) < 4.78 is 8.94. The fraction of sp³-hybridized carbons (Fsp3) is 0. The highest BCUT2D eigenvalue weighted by atomic mass is 32.1. The lowest BCUT2D eigenvalue weighted by atomic mass is 9.95. The number of rotatable bonds is 6. The van der Waals surface area contributed by atoms with Gasteiger partial charge in [0.05, 0.1) is 0 Å². The molecule has 3 heterocycles. The Hall–Kier alpha value is -7.73. The molecule has 0 bridgehead atoms. The SMILES string of the molecule is c1ccc(-c2ccc(-c3ccccc3-c3nc(-c4ccc5c(c4)oc4ccccc45)nc(-c4cccc5cc(-c6cccc7sc8ccccc8c67)ccc45)n3)cc2)cc1. The van der Waals surface area contributed by atoms with Gasteiger partial charge >= 0.3 is 0 Å². The Morgan fingerprint density at radius 3 is 1.78 bits per heavy atom. The van der Waals surface area contributed by atoms with E-state index in [1.54, 1.807) is 0 Å². The van der Waals surface area contributed by atoms with Crippen molar-refractivity contribution < 1.29 is 4.42 Å². The van der Waals surface area contributed by atoms with Crippen molar-refractivity contribution in [1.29, 1.82) is 0 Å². The number of aromatic nitrogens is 3. The molecule has 5 heteroatoms. The van der Waals surface area contributed by atoms with E-state index in [4.69, 9.17) is 19.4 Å². The van der Waals surface area contributed by atoms with Crippen LogP contribution >= 0.6 is 11.3 Å². The van der Waals surface area contributed by atoms with E-state index < -0.39 is 0 Å². The van der Waals surface area contributed by atoms with Gasteiger partial charge in [0.25, 0.3) is 0 Å². The normalized spacial score (nSPS) is 11.7. The Balaban J connectivity index is 1.03. The summed E-state index contributed by atoms with van der Waals surface area (Å²) in [5, 5.41) is 6.93. The Morgan fingerprint density at radius 1 is 0.317 bits per heavy atom. The number of benzene rings is 9. The average Bonchev–Trinajstić information content (AvgIpc) is 3.90. The van der Waals surface area contributed by atoms with Gasteiger partial charge in [0.1, 0.15) is 11.2 Å². The van der Waals surface area contributed by atoms with Crippen LogP contribution < -0.4 is 0 Å². The van der Waals surface area contributed by atoms with E-state index in [9.17, 15) is 0 Å². The van der Waals surface area contributed by atoms with E-state index in [0.717, 1.165) is 60.5 Å². The molecule has 0 aliphatic carbocycles. The number of furan rings is 1. The summed E-state index contributed by atoms with van der Waals surface area (Å²) in [6, 6.07) is 70.4. The number of hydrogen-bond donors (Lipinski definition) is 0. The molecule has 0 fully saturated rings. The maximum Gasteiger partial charge on any atom is 0.164 e. The van der Waals surface area contributed by atoms with E-state index in [1.807, 2.05) is 35.6 Å². The predicted molar refractivity (Wildman–Crippen MR) is 250 cm³/mol. The first-order valence-electron chi connectivity index (χ1n) is 20.1. The molecule has 0 atom stereocenters. The molecule has 0 N–H and O–H groups in total. The molecule has 0 saturated heterocycles. The molecule has 0 unspecified atom stereocenters. The summed E-state index contributed by atoms with van der Waals surface area (Å²) in [5.41, 5.74) is 11.3. The van der Waals surface area contributed by atoms with Crippen molar-refractivity contribution in [2.45, 2.75) is 0 Å². The number of nitrogens with zero attached hydrogens (tertiary/aromatic N) is 3. The lowest BCUT2D eigenvalue weighted by molar-refractivity contribution is 0.669. The zero-order chi connectivity index (χ0) is 39.6. The third-order valence-corrected chi connectivity index (χ3v) is 12.7. The van der Waals surface area contributed by atoms with Crippen LogP contribution in [-0.4, -0.2) is 15.0 Å². The van der Waals surface area contributed by atoms with E-state index in [1.165, 1.54) is 42.4 Å². The minimum absolute atomic E-state index is 0.580. The molecule has 0 aliphatic heterocycles. The van der Waals surface area contributed by atoms with Crippen LogP contribution in [0.5, 0.6) is 0 Å². The van der Waals surface area contributed by atoms with Gasteiger partial charge in [0, 0.05) is 47.6 Å². The van der Waals surface area contributed by atoms with E-state index >= 15 is 0 Å². The summed E-state index contributed by atoms with van der Waals surface area (Å²) in [4.78, 5) is 15.8. The molecular weight excluding hydrogens is 751 g/mol. The zero-order valence-corrected chi connectivity index (χ0v) is 33.0. The van der Waals surface area contributed by atoms with Crippen molar-refractivity contribution in [3.05, 3.63) is 200 Å². The fourth-order valence-corrected chi connectivity index (χ4v) is 9.81. The minimum Gasteiger partial charge on any atom is -0.456 e. The predicted octanol–water partition coefficient (Wildman–Crippen LogP) is 15.3. The smallest absolute Gasteiger partial charge is 0.164 e. The molecule has 12 rings (SSSR count). The fourth-order valence-electron chi connectivity index (χ4n) is 8.68. The summed E-state index contributed by atoms with van der Waals surface area (Å²) in [7, 11) is 0. The average molecular weight is 784 g/mol. The van der Waals surface area contributed by atoms with Crippen molar-refractivity contribution in [1.82, 2.24) is 15.0 Å². The van der Waals surface area contributed by atoms with E-state index in [2.05, 4.69) is 176 Å². The third-order valence-electron chi connectivity index (χ3n) is 11.6. The second kappa shape index (κ2) is 14.0. The van der Waals surface area contributed by atoms with Crippen LogP contribution in [0.15, 0.2) is 205 Å². The Bertz CT molecular complexity index is 3610. The lowest BCUT2D eigenvalue weighted by Gasteiger charge is -2.14. The highest BCUT2D eigenvalue weighted by molar-refractivity contribution is 7.25. The molecule has 60 heavy (non-hydrogen) atoms. The van der Waals surface area contributed by atoms with Gasteiger partial charge in [-0.3, -0.25) is 0 Å². The van der Waals surface area contributed by atoms with Crippen molar-refractivity contribution in [3.8, 4) is 67.5 Å². The van der Waals surface area contributed by atoms with Gasteiger partial charge in [0.15, 0.2) is 17.5 Å². The molecule has 9 aromatic carbocycles. The second-order valence-corrected chi connectivity index (χ2v) is 16.2. The molecule has 0 aliphatic rings. The largest absolute Gasteiger partial charge is 0.456 e. The van der Waals surface area contributed by atoms with Gasteiger partial charge in [-0.1, -0.05) is 164 Å². The van der Waals surface area contributed by atoms with Gasteiger partial charge in [-0.15, -0.1) is 11.3 Å². The Labute approximate surface area is 349 Å². The zero-order valence-electron chi connectivity index (χ0n) is 32.2. The monoisotopic (exact) mass is 783 g/mol. The van der Waals surface area contributed by atoms with E-state index in [0.29, 0.717) is 17.5 Å². The molecule has 280 valence electrons. The van der Waals surface area contributed by atoms with Crippen molar-refractivity contribution in [3.63, 3.8) is 0 Å². The van der Waals surface area contributed by atoms with Crippen LogP contribution in [0.3, 0.4) is 0 Å². The van der Waals surface area contributed by atoms with Crippen molar-refractivity contribution >= 4 is 64.2 Å². The highest BCUT2D eigenvalue weighted by Crippen LogP contribution is 2.42. The van der Waals surface area contributed by atoms with E-state index in [-0.39, 0.29) is 0 Å². The van der Waals surface area contributed by atoms with Crippen LogP contribution in [0.2, 0.25) is 0 Å². The summed E-state index contributed by atoms with van der Waals surface area (Å²) in [6.07, 6.45) is 0. The first kappa shape index (κ1) is 34.3. The molecule has 3 aromatic heterocycles. The Morgan fingerprint density at radius 2 is 0.900 bits per heavy atom. The lowest BCUT2D eigenvalue weighted by Crippen LogP contribution is -2.01. The molecule has 4 nitrogen and oxygen atoms in total. The number of thiophene rings is 1. The summed E-state index contributed by atoms with van der Waals surface area (Å²) in [5.74, 6) is 1.79. The molecule has 12 aromatic rings. The summed E-state index contributed by atoms with van der Waals surface area (Å²) in [6.45, 7) is 0. The standard InChI is InChI=1S/C55H33N3OS/c1-2-12-34(13-3-1)35-24-26-36(27-25-35)40-15-4-5-17-45(40)54-56-53(39-29-31-44-43-16-6-8-21-48(43)59-49(44)33-39)57-55(58-54)46-20-10-14-37-32-38(28-30-41(37)46)42-19-11-23-51-52(42)47-18-7-9-22-50(47)60-51/h1-33H. The number of hydrogen-bond acceptors (Lipinski definition) is 5. The topological polar surface area (TPSA) is 51.8 Å². The summed E-state index contributed by atoms with van der Waals surface area (Å²) >= 11 is 1.84. The minimum atomic E-state index is 0.580. The first-order chi connectivity index (χ1) is 29.7. The third kappa shape index (κ3) is 5.78. The second-order valence-electron chi connectivity index (χ2n) is 15.1. The Kier molecular flexibility index (Phi) is 8.00. The van der Waals surface area contributed by atoms with Crippen molar-refractivity contribution in [2.24, 2.45) is 0 Å². The van der Waals surface area contributed by atoms with Crippen LogP contribution in [-0.2, 0) is 0 Å². The first-order valence-corrected chi connectivity index (χ1v) is 20.9. The molecule has 0 saturated carbocycles. The maximum absolute atomic E-state index is 6.34. The van der Waals surface area contributed by atoms with Crippen LogP contribution in [0.25, 0.3) is 120 Å². The number of fused-ring (bicyclic) bond motifs is 7. The van der Waals surface area contributed by atoms with Gasteiger partial charge < -0.3 is 4.42 Å². The van der Waals surface area contributed by atoms with Gasteiger partial charge in [-0.2, -0.15) is 0 Å². The molecule has 0 spiro atoms. The highest BCUT2D eigenvalue weighted by Gasteiger charge is 2.19. The van der Waals surface area contributed by atoms with Gasteiger partial charge in [0.2, 0.25) is 0 Å². The number of para-hydroxylation sites is 1. The van der Waals surface area contributed by atoms with Crippen molar-refractivity contribution in [2.75, 3.05) is 0 Å². The molecule has 0 radical (unpaired) electrons. The van der Waals surface area contributed by atoms with Crippen LogP contribution in [0.4, 0.5) is 0 Å². The quantitative estimate of drug-likeness (QED) is 0.169. The van der Waals surface area contributed by atoms with Crippen LogP contribution in [0.1, 0.15) is 0 Å². The molecule has 0 amide bonds. The maximum atomic E-state index is 6.34.